The lowest BCUT2D eigenvalue weighted by Crippen LogP contribution is -2.47. The third-order valence-corrected chi connectivity index (χ3v) is 4.82. The summed E-state index contributed by atoms with van der Waals surface area (Å²) in [5.74, 6) is 0.230. The highest BCUT2D eigenvalue weighted by Gasteiger charge is 2.30. The van der Waals surface area contributed by atoms with Crippen LogP contribution in [0.3, 0.4) is 0 Å². The van der Waals surface area contributed by atoms with Crippen LogP contribution >= 0.6 is 0 Å². The van der Waals surface area contributed by atoms with Gasteiger partial charge in [0.05, 0.1) is 13.1 Å². The Bertz CT molecular complexity index is 645. The number of primary amides is 1. The average molecular weight is 361 g/mol. The number of carbonyl (C=O) groups excluding carboxylic acids is 2. The Morgan fingerprint density at radius 3 is 2.73 bits per heavy atom. The molecule has 1 aliphatic heterocycles. The Hall–Kier alpha value is -2.08. The van der Waals surface area contributed by atoms with Crippen LogP contribution in [0.15, 0.2) is 18.2 Å². The van der Waals surface area contributed by atoms with E-state index in [1.165, 1.54) is 5.56 Å². The summed E-state index contributed by atoms with van der Waals surface area (Å²) in [7, 11) is 0. The van der Waals surface area contributed by atoms with Gasteiger partial charge < -0.3 is 15.7 Å². The zero-order valence-corrected chi connectivity index (χ0v) is 16.1. The normalized spacial score (nSPS) is 17.2. The van der Waals surface area contributed by atoms with Gasteiger partial charge in [-0.3, -0.25) is 14.5 Å². The second-order valence-electron chi connectivity index (χ2n) is 7.53. The lowest BCUT2D eigenvalue weighted by atomic mass is 9.87. The van der Waals surface area contributed by atoms with Crippen molar-refractivity contribution in [1.82, 2.24) is 9.80 Å². The van der Waals surface area contributed by atoms with Crippen molar-refractivity contribution in [1.29, 1.82) is 0 Å². The Labute approximate surface area is 156 Å². The van der Waals surface area contributed by atoms with Gasteiger partial charge in [0, 0.05) is 19.1 Å². The minimum absolute atomic E-state index is 0.0280. The van der Waals surface area contributed by atoms with E-state index in [2.05, 4.69) is 18.7 Å². The number of nitrogens with zero attached hydrogens (tertiary/aromatic N) is 2. The van der Waals surface area contributed by atoms with E-state index in [9.17, 15) is 14.7 Å². The van der Waals surface area contributed by atoms with Crippen LogP contribution in [0, 0.1) is 5.92 Å². The highest BCUT2D eigenvalue weighted by atomic mass is 16.3. The molecule has 1 atom stereocenters. The van der Waals surface area contributed by atoms with Crippen molar-refractivity contribution >= 4 is 11.8 Å². The lowest BCUT2D eigenvalue weighted by molar-refractivity contribution is -0.136. The van der Waals surface area contributed by atoms with Crippen LogP contribution in [0.2, 0.25) is 0 Å². The topological polar surface area (TPSA) is 86.9 Å². The van der Waals surface area contributed by atoms with Gasteiger partial charge in [0.2, 0.25) is 11.8 Å². The second kappa shape index (κ2) is 9.03. The summed E-state index contributed by atoms with van der Waals surface area (Å²) in [4.78, 5) is 27.8. The first-order valence-electron chi connectivity index (χ1n) is 9.43. The van der Waals surface area contributed by atoms with Crippen molar-refractivity contribution in [2.45, 2.75) is 46.1 Å². The molecule has 0 aliphatic carbocycles. The first kappa shape index (κ1) is 20.2. The predicted octanol–water partition coefficient (Wildman–Crippen LogP) is 2.06. The Kier molecular flexibility index (Phi) is 7.03. The molecule has 6 heteroatoms. The minimum atomic E-state index is -0.481. The summed E-state index contributed by atoms with van der Waals surface area (Å²) in [5.41, 5.74) is 7.64. The van der Waals surface area contributed by atoms with E-state index in [-0.39, 0.29) is 30.8 Å². The van der Waals surface area contributed by atoms with Crippen LogP contribution in [0.1, 0.15) is 50.8 Å². The number of aromatic hydroxyl groups is 1. The monoisotopic (exact) mass is 361 g/mol. The van der Waals surface area contributed by atoms with Crippen LogP contribution in [0.25, 0.3) is 0 Å². The summed E-state index contributed by atoms with van der Waals surface area (Å²) < 4.78 is 0. The van der Waals surface area contributed by atoms with E-state index in [1.54, 1.807) is 11.0 Å². The predicted molar refractivity (Wildman–Crippen MR) is 102 cm³/mol. The summed E-state index contributed by atoms with van der Waals surface area (Å²) in [5, 5.41) is 9.77. The van der Waals surface area contributed by atoms with Gasteiger partial charge in [0.1, 0.15) is 5.75 Å². The quantitative estimate of drug-likeness (QED) is 0.742. The minimum Gasteiger partial charge on any atom is -0.508 e. The molecule has 0 aromatic heterocycles. The molecule has 1 heterocycles. The number of phenols is 1. The van der Waals surface area contributed by atoms with E-state index >= 15 is 0 Å². The molecule has 0 radical (unpaired) electrons. The first-order valence-corrected chi connectivity index (χ1v) is 9.43. The molecule has 1 aliphatic rings. The molecule has 0 saturated carbocycles. The fourth-order valence-corrected chi connectivity index (χ4v) is 3.69. The van der Waals surface area contributed by atoms with Crippen molar-refractivity contribution < 1.29 is 14.7 Å². The zero-order valence-electron chi connectivity index (χ0n) is 16.1. The molecule has 6 nitrogen and oxygen atoms in total. The maximum absolute atomic E-state index is 12.8. The molecule has 0 bridgehead atoms. The molecule has 1 aromatic carbocycles. The van der Waals surface area contributed by atoms with E-state index in [4.69, 9.17) is 5.73 Å². The number of phenolic OH excluding ortho intramolecular Hbond substituents is 1. The highest BCUT2D eigenvalue weighted by Crippen LogP contribution is 2.35. The number of benzene rings is 1. The van der Waals surface area contributed by atoms with Crippen LogP contribution in [0.5, 0.6) is 5.75 Å². The van der Waals surface area contributed by atoms with Crippen LogP contribution < -0.4 is 5.73 Å². The fourth-order valence-electron chi connectivity index (χ4n) is 3.69. The highest BCUT2D eigenvalue weighted by molar-refractivity contribution is 5.84. The van der Waals surface area contributed by atoms with Crippen LogP contribution in [0.4, 0.5) is 0 Å². The molecular formula is C20H31N3O3. The standard InChI is InChI=1S/C20H31N3O3/c1-4-8-23(12-19(21)25)20(26)13-22-9-7-15-11-16(24)5-6-17(15)18(22)10-14(2)3/h5-6,11,14,18,24H,4,7-10,12-13H2,1-3H3,(H2,21,25). The fraction of sp³-hybridized carbons (Fsp3) is 0.600. The average Bonchev–Trinajstić information content (AvgIpc) is 2.55. The lowest BCUT2D eigenvalue weighted by Gasteiger charge is -2.39. The Balaban J connectivity index is 2.19. The van der Waals surface area contributed by atoms with Gasteiger partial charge in [-0.15, -0.1) is 0 Å². The number of amides is 2. The molecule has 1 aromatic rings. The smallest absolute Gasteiger partial charge is 0.237 e. The number of hydrogen-bond acceptors (Lipinski definition) is 4. The van der Waals surface area contributed by atoms with Gasteiger partial charge in [-0.1, -0.05) is 26.8 Å². The van der Waals surface area contributed by atoms with E-state index in [1.807, 2.05) is 19.1 Å². The molecular weight excluding hydrogens is 330 g/mol. The van der Waals surface area contributed by atoms with Crippen LogP contribution in [-0.2, 0) is 16.0 Å². The van der Waals surface area contributed by atoms with Gasteiger partial charge in [-0.2, -0.15) is 0 Å². The van der Waals surface area contributed by atoms with Crippen molar-refractivity contribution in [2.75, 3.05) is 26.2 Å². The Morgan fingerprint density at radius 2 is 2.12 bits per heavy atom. The van der Waals surface area contributed by atoms with Gasteiger partial charge in [0.15, 0.2) is 0 Å². The molecule has 0 saturated heterocycles. The molecule has 26 heavy (non-hydrogen) atoms. The summed E-state index contributed by atoms with van der Waals surface area (Å²) in [6, 6.07) is 5.66. The third-order valence-electron chi connectivity index (χ3n) is 4.82. The molecule has 2 rings (SSSR count). The summed E-state index contributed by atoms with van der Waals surface area (Å²) in [6.45, 7) is 7.87. The van der Waals surface area contributed by atoms with Crippen molar-refractivity contribution in [2.24, 2.45) is 11.7 Å². The summed E-state index contributed by atoms with van der Waals surface area (Å²) in [6.07, 6.45) is 2.53. The molecule has 0 spiro atoms. The van der Waals surface area contributed by atoms with Gasteiger partial charge in [0.25, 0.3) is 0 Å². The van der Waals surface area contributed by atoms with E-state index in [0.717, 1.165) is 31.4 Å². The third kappa shape index (κ3) is 5.21. The number of nitrogens with two attached hydrogens (primary N) is 1. The number of fused-ring (bicyclic) bond motifs is 1. The van der Waals surface area contributed by atoms with E-state index in [0.29, 0.717) is 12.5 Å². The van der Waals surface area contributed by atoms with Gasteiger partial charge in [-0.05, 0) is 48.4 Å². The maximum atomic E-state index is 12.8. The van der Waals surface area contributed by atoms with Crippen molar-refractivity contribution in [3.8, 4) is 5.75 Å². The Morgan fingerprint density at radius 1 is 1.38 bits per heavy atom. The molecule has 2 amide bonds. The van der Waals surface area contributed by atoms with Gasteiger partial charge in [-0.25, -0.2) is 0 Å². The summed E-state index contributed by atoms with van der Waals surface area (Å²) >= 11 is 0. The molecule has 144 valence electrons. The zero-order chi connectivity index (χ0) is 19.3. The van der Waals surface area contributed by atoms with E-state index < -0.39 is 5.91 Å². The molecule has 3 N–H and O–H groups in total. The first-order chi connectivity index (χ1) is 12.3. The van der Waals surface area contributed by atoms with Crippen molar-refractivity contribution in [3.05, 3.63) is 29.3 Å². The molecule has 1 unspecified atom stereocenters. The number of rotatable bonds is 8. The maximum Gasteiger partial charge on any atom is 0.237 e. The van der Waals surface area contributed by atoms with Crippen LogP contribution in [-0.4, -0.2) is 52.9 Å². The second-order valence-corrected chi connectivity index (χ2v) is 7.53. The SMILES string of the molecule is CCCN(CC(N)=O)C(=O)CN1CCc2cc(O)ccc2C1CC(C)C. The van der Waals surface area contributed by atoms with Crippen molar-refractivity contribution in [3.63, 3.8) is 0 Å². The molecule has 0 fully saturated rings. The number of hydrogen-bond donors (Lipinski definition) is 2. The van der Waals surface area contributed by atoms with Gasteiger partial charge >= 0.3 is 0 Å². The largest absolute Gasteiger partial charge is 0.508 e. The number of carbonyl (C=O) groups is 2.